The Morgan fingerprint density at radius 1 is 1.17 bits per heavy atom. The number of ether oxygens (including phenoxy) is 2. The van der Waals surface area contributed by atoms with Gasteiger partial charge in [-0.1, -0.05) is 32.9 Å². The van der Waals surface area contributed by atoms with Crippen LogP contribution in [0.15, 0.2) is 24.3 Å². The first kappa shape index (κ1) is 17.3. The number of carbonyl (C=O) groups excluding carboxylic acids is 2. The van der Waals surface area contributed by atoms with E-state index in [1.165, 1.54) is 5.56 Å². The average Bonchev–Trinajstić information content (AvgIpc) is 3.33. The van der Waals surface area contributed by atoms with E-state index in [9.17, 15) is 9.59 Å². The predicted octanol–water partition coefficient (Wildman–Crippen LogP) is 2.43. The first-order chi connectivity index (χ1) is 10.9. The van der Waals surface area contributed by atoms with Crippen molar-refractivity contribution in [3.8, 4) is 5.75 Å². The van der Waals surface area contributed by atoms with Gasteiger partial charge in [-0.15, -0.1) is 0 Å². The molecule has 0 bridgehead atoms. The lowest BCUT2D eigenvalue weighted by Gasteiger charge is -2.19. The van der Waals surface area contributed by atoms with Gasteiger partial charge in [-0.25, -0.2) is 0 Å². The molecule has 5 heteroatoms. The van der Waals surface area contributed by atoms with Crippen LogP contribution >= 0.6 is 0 Å². The Morgan fingerprint density at radius 2 is 1.83 bits per heavy atom. The molecule has 1 aromatic carbocycles. The molecular weight excluding hydrogens is 294 g/mol. The molecule has 1 aromatic rings. The molecule has 0 radical (unpaired) electrons. The van der Waals surface area contributed by atoms with Crippen molar-refractivity contribution in [2.45, 2.75) is 39.0 Å². The van der Waals surface area contributed by atoms with Crippen LogP contribution in [-0.4, -0.2) is 31.6 Å². The molecule has 0 spiro atoms. The third kappa shape index (κ3) is 5.93. The average molecular weight is 319 g/mol. The maximum atomic E-state index is 11.5. The van der Waals surface area contributed by atoms with E-state index in [0.29, 0.717) is 13.2 Å². The summed E-state index contributed by atoms with van der Waals surface area (Å²) in [4.78, 5) is 22.8. The lowest BCUT2D eigenvalue weighted by Crippen LogP contribution is -2.32. The zero-order chi connectivity index (χ0) is 16.9. The van der Waals surface area contributed by atoms with Crippen LogP contribution in [0, 0.1) is 5.92 Å². The molecule has 5 nitrogen and oxygen atoms in total. The largest absolute Gasteiger partial charge is 0.492 e. The molecule has 1 N–H and O–H groups in total. The molecule has 1 saturated carbocycles. The standard InChI is InChI=1S/C18H25NO4/c1-18(2,3)14-6-8-15(9-7-14)22-11-10-19-16(20)12-23-17(21)13-4-5-13/h6-9,13H,4-5,10-12H2,1-3H3,(H,19,20). The van der Waals surface area contributed by atoms with E-state index >= 15 is 0 Å². The Kier molecular flexibility index (Phi) is 5.64. The molecule has 23 heavy (non-hydrogen) atoms. The maximum Gasteiger partial charge on any atom is 0.309 e. The molecule has 0 aliphatic heterocycles. The minimum atomic E-state index is -0.300. The van der Waals surface area contributed by atoms with Crippen LogP contribution in [0.5, 0.6) is 5.75 Å². The molecule has 1 aliphatic carbocycles. The summed E-state index contributed by atoms with van der Waals surface area (Å²) in [6.45, 7) is 7.02. The van der Waals surface area contributed by atoms with Crippen molar-refractivity contribution in [3.63, 3.8) is 0 Å². The maximum absolute atomic E-state index is 11.5. The summed E-state index contributed by atoms with van der Waals surface area (Å²) in [5.41, 5.74) is 1.36. The van der Waals surface area contributed by atoms with Gasteiger partial charge in [0.15, 0.2) is 6.61 Å². The van der Waals surface area contributed by atoms with E-state index in [0.717, 1.165) is 18.6 Å². The van der Waals surface area contributed by atoms with Crippen LogP contribution in [0.1, 0.15) is 39.2 Å². The quantitative estimate of drug-likeness (QED) is 0.619. The van der Waals surface area contributed by atoms with E-state index in [2.05, 4.69) is 26.1 Å². The van der Waals surface area contributed by atoms with Crippen molar-refractivity contribution in [2.75, 3.05) is 19.8 Å². The number of amides is 1. The minimum Gasteiger partial charge on any atom is -0.492 e. The number of hydrogen-bond donors (Lipinski definition) is 1. The number of rotatable bonds is 7. The summed E-state index contributed by atoms with van der Waals surface area (Å²) >= 11 is 0. The van der Waals surface area contributed by atoms with Crippen LogP contribution in [-0.2, 0) is 19.7 Å². The smallest absolute Gasteiger partial charge is 0.309 e. The van der Waals surface area contributed by atoms with Crippen molar-refractivity contribution < 1.29 is 19.1 Å². The third-order valence-electron chi connectivity index (χ3n) is 3.67. The van der Waals surface area contributed by atoms with Gasteiger partial charge in [0.25, 0.3) is 5.91 Å². The monoisotopic (exact) mass is 319 g/mol. The highest BCUT2D eigenvalue weighted by atomic mass is 16.5. The Hall–Kier alpha value is -2.04. The second-order valence-electron chi connectivity index (χ2n) is 6.85. The van der Waals surface area contributed by atoms with E-state index in [-0.39, 0.29) is 29.8 Å². The fourth-order valence-electron chi connectivity index (χ4n) is 2.04. The fraction of sp³-hybridized carbons (Fsp3) is 0.556. The van der Waals surface area contributed by atoms with Gasteiger partial charge in [0.1, 0.15) is 12.4 Å². The van der Waals surface area contributed by atoms with Crippen LogP contribution in [0.4, 0.5) is 0 Å². The molecule has 1 fully saturated rings. The van der Waals surface area contributed by atoms with E-state index in [1.54, 1.807) is 0 Å². The highest BCUT2D eigenvalue weighted by molar-refractivity contribution is 5.81. The van der Waals surface area contributed by atoms with Crippen LogP contribution in [0.2, 0.25) is 0 Å². The summed E-state index contributed by atoms with van der Waals surface area (Å²) in [5, 5.41) is 2.66. The lowest BCUT2D eigenvalue weighted by molar-refractivity contribution is -0.149. The summed E-state index contributed by atoms with van der Waals surface area (Å²) in [5.74, 6) is 0.218. The summed E-state index contributed by atoms with van der Waals surface area (Å²) in [6.07, 6.45) is 1.75. The summed E-state index contributed by atoms with van der Waals surface area (Å²) in [6, 6.07) is 7.95. The van der Waals surface area contributed by atoms with Crippen LogP contribution in [0.3, 0.4) is 0 Å². The molecular formula is C18H25NO4. The number of esters is 1. The Morgan fingerprint density at radius 3 is 2.39 bits per heavy atom. The van der Waals surface area contributed by atoms with Crippen molar-refractivity contribution in [2.24, 2.45) is 5.92 Å². The summed E-state index contributed by atoms with van der Waals surface area (Å²) in [7, 11) is 0. The van der Waals surface area contributed by atoms with Crippen molar-refractivity contribution in [1.82, 2.24) is 5.32 Å². The van der Waals surface area contributed by atoms with E-state index < -0.39 is 0 Å². The van der Waals surface area contributed by atoms with Crippen LogP contribution in [0.25, 0.3) is 0 Å². The molecule has 126 valence electrons. The first-order valence-corrected chi connectivity index (χ1v) is 8.03. The molecule has 0 atom stereocenters. The highest BCUT2D eigenvalue weighted by Crippen LogP contribution is 2.29. The van der Waals surface area contributed by atoms with Crippen molar-refractivity contribution in [3.05, 3.63) is 29.8 Å². The lowest BCUT2D eigenvalue weighted by atomic mass is 9.87. The summed E-state index contributed by atoms with van der Waals surface area (Å²) < 4.78 is 10.5. The minimum absolute atomic E-state index is 0.0159. The molecule has 1 aliphatic rings. The van der Waals surface area contributed by atoms with Crippen molar-refractivity contribution in [1.29, 1.82) is 0 Å². The first-order valence-electron chi connectivity index (χ1n) is 8.03. The van der Waals surface area contributed by atoms with Crippen LogP contribution < -0.4 is 10.1 Å². The molecule has 2 rings (SSSR count). The van der Waals surface area contributed by atoms with Gasteiger partial charge in [-0.3, -0.25) is 9.59 Å². The molecule has 0 heterocycles. The number of hydrogen-bond acceptors (Lipinski definition) is 4. The predicted molar refractivity (Wildman–Crippen MR) is 87.3 cm³/mol. The van der Waals surface area contributed by atoms with Gasteiger partial charge in [0.05, 0.1) is 12.5 Å². The van der Waals surface area contributed by atoms with E-state index in [1.807, 2.05) is 24.3 Å². The number of nitrogens with one attached hydrogen (secondary N) is 1. The van der Waals surface area contributed by atoms with Gasteiger partial charge in [0.2, 0.25) is 0 Å². The Balaban J connectivity index is 1.61. The molecule has 0 unspecified atom stereocenters. The second kappa shape index (κ2) is 7.49. The zero-order valence-corrected chi connectivity index (χ0v) is 14.1. The fourth-order valence-corrected chi connectivity index (χ4v) is 2.04. The normalized spacial score (nSPS) is 14.2. The number of carbonyl (C=O) groups is 2. The molecule has 0 aromatic heterocycles. The van der Waals surface area contributed by atoms with Crippen molar-refractivity contribution >= 4 is 11.9 Å². The second-order valence-corrected chi connectivity index (χ2v) is 6.85. The SMILES string of the molecule is CC(C)(C)c1ccc(OCCNC(=O)COC(=O)C2CC2)cc1. The molecule has 0 saturated heterocycles. The highest BCUT2D eigenvalue weighted by Gasteiger charge is 2.31. The molecule has 1 amide bonds. The van der Waals surface area contributed by atoms with Gasteiger partial charge in [0, 0.05) is 0 Å². The van der Waals surface area contributed by atoms with E-state index in [4.69, 9.17) is 9.47 Å². The van der Waals surface area contributed by atoms with Gasteiger partial charge >= 0.3 is 5.97 Å². The number of benzene rings is 1. The van der Waals surface area contributed by atoms with Gasteiger partial charge in [-0.2, -0.15) is 0 Å². The van der Waals surface area contributed by atoms with Gasteiger partial charge in [-0.05, 0) is 36.0 Å². The Labute approximate surface area is 137 Å². The Bertz CT molecular complexity index is 541. The topological polar surface area (TPSA) is 64.6 Å². The van der Waals surface area contributed by atoms with Gasteiger partial charge < -0.3 is 14.8 Å². The zero-order valence-electron chi connectivity index (χ0n) is 14.1. The third-order valence-corrected chi connectivity index (χ3v) is 3.67.